The predicted octanol–water partition coefficient (Wildman–Crippen LogP) is 23.4. The van der Waals surface area contributed by atoms with Gasteiger partial charge in [-0.25, -0.2) is 0 Å². The number of pyridine rings is 1. The van der Waals surface area contributed by atoms with Gasteiger partial charge in [0.1, 0.15) is 0 Å². The standard InChI is InChI=1S/C88H77N5O.Pt/c1-85(2,3)63-43-44-89-82(53-63)93-77-37-25-22-33-70(77)72-41-39-68(54-80(72)93)94-69-40-42-78-81(55-69)91-56-90(83-74(59-31-20-15-21-32-59)51-66(88(10,11)12)52-75(83)62-46-64(86(4,5)6)50-65(47-62)87(7,8)9)79-38-26-35-73(84(79)91)71-34-23-24-36-76(71)92(78)67-48-60(57-27-16-13-17-28-57)45-61(49-67)58-29-18-14-19-30-58;/h13-53H,1-12H3;/q-2;/i15D,20D,21D,31D,32D;. The maximum atomic E-state index is 9.90. The Labute approximate surface area is 575 Å². The number of para-hydroxylation sites is 3. The third-order valence-corrected chi connectivity index (χ3v) is 19.6. The topological polar surface area (TPSA) is 41.3 Å². The van der Waals surface area contributed by atoms with Crippen molar-refractivity contribution in [3.8, 4) is 73.2 Å². The molecular formula is C88H77N5OPt-2. The van der Waals surface area contributed by atoms with Gasteiger partial charge in [0.15, 0.2) is 0 Å². The third-order valence-electron chi connectivity index (χ3n) is 18.5. The second-order valence-corrected chi connectivity index (χ2v) is 30.2. The Balaban J connectivity index is 1.11. The molecule has 11 aromatic carbocycles. The summed E-state index contributed by atoms with van der Waals surface area (Å²) >= 11 is 2.47. The Morgan fingerprint density at radius 3 is 1.52 bits per heavy atom. The molecule has 0 spiro atoms. The van der Waals surface area contributed by atoms with Crippen LogP contribution >= 0.6 is 0 Å². The molecule has 0 fully saturated rings. The molecule has 0 aliphatic rings. The van der Waals surface area contributed by atoms with Gasteiger partial charge in [-0.1, -0.05) is 32.9 Å². The van der Waals surface area contributed by atoms with E-state index in [1.807, 2.05) is 18.3 Å². The zero-order chi connectivity index (χ0) is 70.2. The predicted molar refractivity (Wildman–Crippen MR) is 393 cm³/mol. The van der Waals surface area contributed by atoms with Crippen LogP contribution in [0.25, 0.3) is 122 Å². The van der Waals surface area contributed by atoms with Crippen LogP contribution in [-0.4, -0.2) is 23.1 Å². The van der Waals surface area contributed by atoms with Crippen molar-refractivity contribution in [2.24, 2.45) is 0 Å². The molecule has 0 unspecified atom stereocenters. The van der Waals surface area contributed by atoms with Crippen LogP contribution in [0.1, 0.15) is 112 Å². The number of fused-ring (bicyclic) bond motifs is 7. The van der Waals surface area contributed by atoms with Gasteiger partial charge in [0.2, 0.25) is 0 Å². The van der Waals surface area contributed by atoms with Crippen molar-refractivity contribution < 1.29 is 30.9 Å². The fraction of sp³-hybridized carbons (Fsp3) is 0.182. The van der Waals surface area contributed by atoms with E-state index < -0.39 is 23.5 Å². The van der Waals surface area contributed by atoms with Gasteiger partial charge in [-0.3, -0.25) is 0 Å². The monoisotopic (exact) mass is 1420 g/mol. The normalized spacial score (nSPS) is 13.2. The zero-order valence-corrected chi connectivity index (χ0v) is 58.0. The number of nitrogens with zero attached hydrogens (tertiary/aromatic N) is 5. The number of imidazole rings is 1. The van der Waals surface area contributed by atoms with Crippen LogP contribution in [0.15, 0.2) is 249 Å². The van der Waals surface area contributed by atoms with E-state index in [1.165, 1.54) is 0 Å². The van der Waals surface area contributed by atoms with Crippen molar-refractivity contribution in [1.29, 1.82) is 0 Å². The maximum absolute atomic E-state index is 9.90. The van der Waals surface area contributed by atoms with Crippen molar-refractivity contribution in [3.63, 3.8) is 0 Å². The molecule has 15 aromatic rings. The summed E-state index contributed by atoms with van der Waals surface area (Å²) in [6, 6.07) is 80.9. The molecule has 472 valence electrons. The summed E-state index contributed by atoms with van der Waals surface area (Å²) in [5.41, 5.74) is 17.3. The van der Waals surface area contributed by atoms with Crippen LogP contribution in [0.4, 0.5) is 0 Å². The number of ether oxygens (including phenoxy) is 1. The molecule has 7 heteroatoms. The first-order valence-corrected chi connectivity index (χ1v) is 33.7. The number of hydrogen-bond donors (Lipinski definition) is 0. The van der Waals surface area contributed by atoms with Crippen LogP contribution in [-0.2, 0) is 41.0 Å². The van der Waals surface area contributed by atoms with Crippen molar-refractivity contribution in [1.82, 2.24) is 23.1 Å². The second-order valence-electron chi connectivity index (χ2n) is 29.2. The van der Waals surface area contributed by atoms with Crippen LogP contribution in [0.2, 0.25) is 0 Å². The molecule has 0 saturated heterocycles. The van der Waals surface area contributed by atoms with Gasteiger partial charge in [-0.15, -0.1) is 0 Å². The number of rotatable bonds is 9. The van der Waals surface area contributed by atoms with Gasteiger partial charge in [0, 0.05) is 6.20 Å². The van der Waals surface area contributed by atoms with Gasteiger partial charge in [-0.2, -0.15) is 0 Å². The quantitative estimate of drug-likeness (QED) is 0.135. The van der Waals surface area contributed by atoms with Crippen LogP contribution in [0.5, 0.6) is 11.5 Å². The molecule has 6 nitrogen and oxygen atoms in total. The average Bonchev–Trinajstić information content (AvgIpc) is 1.52. The Kier molecular flexibility index (Phi) is 13.6. The zero-order valence-electron chi connectivity index (χ0n) is 60.7. The minimum absolute atomic E-state index is 0.109. The van der Waals surface area contributed by atoms with Crippen molar-refractivity contribution in [2.45, 2.75) is 105 Å². The fourth-order valence-corrected chi connectivity index (χ4v) is 14.4. The van der Waals surface area contributed by atoms with E-state index in [1.54, 1.807) is 0 Å². The van der Waals surface area contributed by atoms with E-state index in [4.69, 9.17) is 11.1 Å². The minimum atomic E-state index is -0.468. The first kappa shape index (κ1) is 55.6. The SMILES string of the molecule is [2H]c1c([2H])c([2H])c(-c2cc(C(C)(C)C)cc(-c3cc(C(C)(C)C)cc(C(C)(C)C)c3)c2-n2[c](=[Pt])n3c4[c-]c(Oc5[c-]c6c(cc5)c5ccccc5n6-c5cc(C(C)(C)C)ccn5)ccc4n(-c4cc(-c5ccccc5)cc(-c5ccccc5)c4)c4ccccc4c4cccc2c43)c([2H])c1[2H]. The van der Waals surface area contributed by atoms with E-state index in [9.17, 15) is 5.48 Å². The Hall–Kier alpha value is -9.87. The molecule has 0 N–H and O–H groups in total. The van der Waals surface area contributed by atoms with Crippen LogP contribution in [0.3, 0.4) is 0 Å². The first-order chi connectivity index (χ1) is 47.6. The van der Waals surface area contributed by atoms with Gasteiger partial charge in [-0.05, 0) is 17.0 Å². The summed E-state index contributed by atoms with van der Waals surface area (Å²) in [5.74, 6) is 1.71. The Bertz CT molecular complexity index is 5830. The molecule has 0 bridgehead atoms. The third kappa shape index (κ3) is 11.1. The molecule has 0 amide bonds. The van der Waals surface area contributed by atoms with E-state index >= 15 is 0 Å². The van der Waals surface area contributed by atoms with Gasteiger partial charge >= 0.3 is 523 Å². The molecule has 15 rings (SSSR count). The Morgan fingerprint density at radius 1 is 0.389 bits per heavy atom. The fourth-order valence-electron chi connectivity index (χ4n) is 13.4. The van der Waals surface area contributed by atoms with Crippen LogP contribution < -0.4 is 4.74 Å². The molecule has 4 aromatic heterocycles. The number of benzene rings is 11. The molecule has 0 atom stereocenters. The summed E-state index contributed by atoms with van der Waals surface area (Å²) in [4.78, 5) is 4.99. The molecular weight excluding hydrogens is 1340 g/mol. The molecule has 0 saturated carbocycles. The first-order valence-electron chi connectivity index (χ1n) is 35.1. The molecule has 95 heavy (non-hydrogen) atoms. The second kappa shape index (κ2) is 23.2. The molecule has 0 radical (unpaired) electrons. The Morgan fingerprint density at radius 2 is 0.905 bits per heavy atom. The summed E-state index contributed by atoms with van der Waals surface area (Å²) in [5, 5.41) is 3.98. The molecule has 0 aliphatic heterocycles. The average molecular weight is 1420 g/mol. The van der Waals surface area contributed by atoms with Crippen molar-refractivity contribution >= 4 is 60.2 Å². The van der Waals surface area contributed by atoms with E-state index in [0.717, 1.165) is 126 Å². The van der Waals surface area contributed by atoms with Gasteiger partial charge < -0.3 is 0 Å². The van der Waals surface area contributed by atoms with Crippen molar-refractivity contribution in [2.75, 3.05) is 0 Å². The molecule has 4 heterocycles. The van der Waals surface area contributed by atoms with E-state index in [0.29, 0.717) is 28.3 Å². The number of aromatic nitrogens is 5. The van der Waals surface area contributed by atoms with Crippen molar-refractivity contribution in [3.05, 3.63) is 287 Å². The van der Waals surface area contributed by atoms with E-state index in [-0.39, 0.29) is 33.9 Å². The summed E-state index contributed by atoms with van der Waals surface area (Å²) in [7, 11) is 0. The summed E-state index contributed by atoms with van der Waals surface area (Å²) in [6.45, 7) is 26.6. The van der Waals surface area contributed by atoms with Gasteiger partial charge in [0.05, 0.1) is 0 Å². The molecule has 0 aliphatic carbocycles. The summed E-state index contributed by atoms with van der Waals surface area (Å²) in [6.07, 6.45) is 1.89. The van der Waals surface area contributed by atoms with Gasteiger partial charge in [0.25, 0.3) is 0 Å². The summed E-state index contributed by atoms with van der Waals surface area (Å²) < 4.78 is 64.4. The van der Waals surface area contributed by atoms with E-state index in [2.05, 4.69) is 333 Å². The van der Waals surface area contributed by atoms with Crippen LogP contribution in [0, 0.1) is 15.9 Å². The number of hydrogen-bond acceptors (Lipinski definition) is 2.